The van der Waals surface area contributed by atoms with Crippen LogP contribution in [-0.4, -0.2) is 6.85 Å². The number of fused-ring (bicyclic) bond motifs is 16. The molecule has 0 radical (unpaired) electrons. The van der Waals surface area contributed by atoms with Gasteiger partial charge in [-0.2, -0.15) is 0 Å². The lowest BCUT2D eigenvalue weighted by Crippen LogP contribution is -2.62. The number of benzene rings is 11. The number of anilines is 5. The standard InChI is InChI=1S/C63H39BN2/c1-3-16-40(17-4-1)42-30-33-47(34-31-42)66-58-38-45(41-18-5-2-6-19-41)32-35-51(58)52-36-46-22-9-10-23-48(46)61-60(52)64(66)57-29-15-28-55-62(57)65(61)59-39-44-21-8-7-20-43(44)37-56(59)63(55)53-26-13-11-24-49(53)50-25-12-14-27-54(50)63/h1-39H. The minimum absolute atomic E-state index is 0.141. The highest BCUT2D eigenvalue weighted by Gasteiger charge is 2.56. The molecular formula is C63H39BN2. The summed E-state index contributed by atoms with van der Waals surface area (Å²) < 4.78 is 0. The van der Waals surface area contributed by atoms with Crippen LogP contribution >= 0.6 is 0 Å². The van der Waals surface area contributed by atoms with E-state index in [0.717, 1.165) is 5.69 Å². The van der Waals surface area contributed by atoms with Crippen molar-refractivity contribution < 1.29 is 0 Å². The fraction of sp³-hybridized carbons (Fsp3) is 0.0159. The van der Waals surface area contributed by atoms with Gasteiger partial charge in [-0.1, -0.05) is 200 Å². The second kappa shape index (κ2) is 13.3. The third-order valence-corrected chi connectivity index (χ3v) is 15.2. The van der Waals surface area contributed by atoms with Crippen molar-refractivity contribution in [2.45, 2.75) is 5.41 Å². The fourth-order valence-electron chi connectivity index (χ4n) is 12.5. The van der Waals surface area contributed by atoms with Gasteiger partial charge in [-0.25, -0.2) is 0 Å². The van der Waals surface area contributed by atoms with E-state index in [-0.39, 0.29) is 6.85 Å². The summed E-state index contributed by atoms with van der Waals surface area (Å²) in [4.78, 5) is 5.36. The van der Waals surface area contributed by atoms with E-state index in [4.69, 9.17) is 0 Å². The van der Waals surface area contributed by atoms with Gasteiger partial charge in [0, 0.05) is 28.0 Å². The molecule has 0 aromatic heterocycles. The summed E-state index contributed by atoms with van der Waals surface area (Å²) in [6.45, 7) is -0.141. The molecule has 0 atom stereocenters. The molecule has 304 valence electrons. The number of rotatable bonds is 3. The van der Waals surface area contributed by atoms with E-state index in [2.05, 4.69) is 246 Å². The molecule has 1 aliphatic carbocycles. The summed E-state index contributed by atoms with van der Waals surface area (Å²) in [5, 5.41) is 4.99. The summed E-state index contributed by atoms with van der Waals surface area (Å²) in [7, 11) is 0. The molecule has 0 bridgehead atoms. The van der Waals surface area contributed by atoms with E-state index in [9.17, 15) is 0 Å². The van der Waals surface area contributed by atoms with Crippen LogP contribution in [0.25, 0.3) is 66.1 Å². The zero-order valence-corrected chi connectivity index (χ0v) is 36.0. The maximum absolute atomic E-state index is 2.69. The first-order chi connectivity index (χ1) is 32.8. The summed E-state index contributed by atoms with van der Waals surface area (Å²) in [5.41, 5.74) is 23.5. The molecule has 1 spiro atoms. The van der Waals surface area contributed by atoms with E-state index >= 15 is 0 Å². The highest BCUT2D eigenvalue weighted by atomic mass is 15.2. The Labute approximate surface area is 384 Å². The van der Waals surface area contributed by atoms with Crippen molar-refractivity contribution in [1.29, 1.82) is 0 Å². The van der Waals surface area contributed by atoms with Crippen molar-refractivity contribution in [2.24, 2.45) is 0 Å². The zero-order chi connectivity index (χ0) is 43.1. The van der Waals surface area contributed by atoms with Crippen molar-refractivity contribution in [3.05, 3.63) is 259 Å². The molecule has 4 aliphatic rings. The lowest BCUT2D eigenvalue weighted by molar-refractivity contribution is 0.755. The second-order valence-corrected chi connectivity index (χ2v) is 18.3. The number of nitrogens with zero attached hydrogens (tertiary/aromatic N) is 2. The molecule has 2 nitrogen and oxygen atoms in total. The van der Waals surface area contributed by atoms with Gasteiger partial charge in [-0.05, 0) is 125 Å². The third-order valence-electron chi connectivity index (χ3n) is 15.2. The summed E-state index contributed by atoms with van der Waals surface area (Å²) in [5.74, 6) is 0. The third kappa shape index (κ3) is 4.66. The summed E-state index contributed by atoms with van der Waals surface area (Å²) in [6, 6.07) is 89.2. The van der Waals surface area contributed by atoms with Crippen LogP contribution in [0.4, 0.5) is 28.4 Å². The molecule has 0 saturated heterocycles. The maximum atomic E-state index is 2.69. The molecule has 0 fully saturated rings. The van der Waals surface area contributed by atoms with Gasteiger partial charge in [0.05, 0.1) is 16.8 Å². The Balaban J connectivity index is 1.10. The Morgan fingerprint density at radius 1 is 0.333 bits per heavy atom. The SMILES string of the molecule is c1ccc(-c2ccc(N3B4c5cccc6c5N(c5cc7ccccc7cc5C65c6ccccc6-c6ccccc65)c5c4c(cc4ccccc54)-c4ccc(-c5ccccc5)cc43)cc2)cc1. The number of hydrogen-bond donors (Lipinski definition) is 0. The van der Waals surface area contributed by atoms with Crippen LogP contribution in [0.5, 0.6) is 0 Å². The van der Waals surface area contributed by atoms with Gasteiger partial charge < -0.3 is 9.71 Å². The van der Waals surface area contributed by atoms with Crippen LogP contribution in [0.1, 0.15) is 22.3 Å². The average Bonchev–Trinajstić information content (AvgIpc) is 3.68. The van der Waals surface area contributed by atoms with Gasteiger partial charge in [0.15, 0.2) is 0 Å². The highest BCUT2D eigenvalue weighted by molar-refractivity contribution is 6.94. The van der Waals surface area contributed by atoms with Gasteiger partial charge >= 0.3 is 6.85 Å². The largest absolute Gasteiger partial charge is 0.376 e. The molecule has 0 unspecified atom stereocenters. The molecule has 0 saturated carbocycles. The molecule has 15 rings (SSSR count). The molecule has 3 heterocycles. The van der Waals surface area contributed by atoms with Crippen molar-refractivity contribution in [3.63, 3.8) is 0 Å². The van der Waals surface area contributed by atoms with Crippen molar-refractivity contribution in [2.75, 3.05) is 9.71 Å². The smallest absolute Gasteiger partial charge is 0.333 e. The zero-order valence-electron chi connectivity index (χ0n) is 36.0. The van der Waals surface area contributed by atoms with E-state index < -0.39 is 5.41 Å². The van der Waals surface area contributed by atoms with Gasteiger partial charge in [-0.15, -0.1) is 0 Å². The molecule has 0 amide bonds. The molecule has 11 aromatic carbocycles. The first kappa shape index (κ1) is 36.0. The predicted octanol–water partition coefficient (Wildman–Crippen LogP) is 14.7. The maximum Gasteiger partial charge on any atom is 0.333 e. The monoisotopic (exact) mass is 834 g/mol. The normalized spacial score (nSPS) is 14.1. The number of para-hydroxylation sites is 1. The van der Waals surface area contributed by atoms with Crippen molar-refractivity contribution >= 4 is 67.8 Å². The van der Waals surface area contributed by atoms with Crippen LogP contribution in [0.2, 0.25) is 0 Å². The summed E-state index contributed by atoms with van der Waals surface area (Å²) >= 11 is 0. The molecule has 11 aromatic rings. The van der Waals surface area contributed by atoms with Gasteiger partial charge in [0.25, 0.3) is 0 Å². The molecule has 0 N–H and O–H groups in total. The van der Waals surface area contributed by atoms with Gasteiger partial charge in [0.1, 0.15) is 0 Å². The minimum Gasteiger partial charge on any atom is -0.376 e. The Morgan fingerprint density at radius 3 is 1.64 bits per heavy atom. The fourth-order valence-corrected chi connectivity index (χ4v) is 12.5. The van der Waals surface area contributed by atoms with Crippen LogP contribution < -0.4 is 20.6 Å². The van der Waals surface area contributed by atoms with Crippen LogP contribution in [0.3, 0.4) is 0 Å². The Kier molecular flexibility index (Phi) is 7.27. The number of hydrogen-bond acceptors (Lipinski definition) is 2. The van der Waals surface area contributed by atoms with E-state index in [1.807, 2.05) is 0 Å². The van der Waals surface area contributed by atoms with E-state index in [1.54, 1.807) is 0 Å². The van der Waals surface area contributed by atoms with Gasteiger partial charge in [-0.3, -0.25) is 0 Å². The topological polar surface area (TPSA) is 6.48 Å². The van der Waals surface area contributed by atoms with Gasteiger partial charge in [0.2, 0.25) is 0 Å². The Bertz CT molecular complexity index is 3790. The first-order valence-corrected chi connectivity index (χ1v) is 23.1. The predicted molar refractivity (Wildman–Crippen MR) is 277 cm³/mol. The van der Waals surface area contributed by atoms with Crippen molar-refractivity contribution in [1.82, 2.24) is 0 Å². The summed E-state index contributed by atoms with van der Waals surface area (Å²) in [6.07, 6.45) is 0. The van der Waals surface area contributed by atoms with Crippen LogP contribution in [0.15, 0.2) is 237 Å². The second-order valence-electron chi connectivity index (χ2n) is 18.3. The average molecular weight is 835 g/mol. The molecular weight excluding hydrogens is 796 g/mol. The van der Waals surface area contributed by atoms with Crippen LogP contribution in [-0.2, 0) is 5.41 Å². The quantitative estimate of drug-likeness (QED) is 0.164. The molecule has 3 aliphatic heterocycles. The highest BCUT2D eigenvalue weighted by Crippen LogP contribution is 2.65. The Morgan fingerprint density at radius 2 is 0.909 bits per heavy atom. The minimum atomic E-state index is -0.561. The van der Waals surface area contributed by atoms with Crippen LogP contribution in [0, 0.1) is 0 Å². The first-order valence-electron chi connectivity index (χ1n) is 23.1. The lowest BCUT2D eigenvalue weighted by Gasteiger charge is -2.52. The molecule has 66 heavy (non-hydrogen) atoms. The Hall–Kier alpha value is -8.40. The lowest BCUT2D eigenvalue weighted by atomic mass is 9.42. The van der Waals surface area contributed by atoms with E-state index in [0.29, 0.717) is 0 Å². The van der Waals surface area contributed by atoms with E-state index in [1.165, 1.54) is 122 Å². The van der Waals surface area contributed by atoms with Crippen molar-refractivity contribution in [3.8, 4) is 44.5 Å². The molecule has 3 heteroatoms.